The molecule has 0 aromatic heterocycles. The summed E-state index contributed by atoms with van der Waals surface area (Å²) in [6.45, 7) is 4.85. The van der Waals surface area contributed by atoms with Gasteiger partial charge in [0, 0.05) is 22.3 Å². The fourth-order valence-electron chi connectivity index (χ4n) is 7.46. The second-order valence-electron chi connectivity index (χ2n) is 11.7. The van der Waals surface area contributed by atoms with E-state index in [0.717, 1.165) is 31.4 Å². The van der Waals surface area contributed by atoms with Gasteiger partial charge in [-0.1, -0.05) is 111 Å². The molecular weight excluding hydrogens is 470 g/mol. The van der Waals surface area contributed by atoms with Gasteiger partial charge in [0.25, 0.3) is 0 Å². The van der Waals surface area contributed by atoms with Gasteiger partial charge < -0.3 is 0 Å². The smallest absolute Gasteiger partial charge is 0.0711 e. The van der Waals surface area contributed by atoms with Crippen molar-refractivity contribution < 1.29 is 0 Å². The average molecular weight is 502 g/mol. The zero-order valence-corrected chi connectivity index (χ0v) is 22.6. The molecule has 0 fully saturated rings. The van der Waals surface area contributed by atoms with E-state index in [-0.39, 0.29) is 5.41 Å². The molecule has 5 aromatic rings. The van der Waals surface area contributed by atoms with Crippen molar-refractivity contribution in [3.63, 3.8) is 0 Å². The highest BCUT2D eigenvalue weighted by atomic mass is 14.8. The van der Waals surface area contributed by atoms with E-state index in [0.29, 0.717) is 0 Å². The monoisotopic (exact) mass is 501 g/mol. The molecule has 0 atom stereocenters. The van der Waals surface area contributed by atoms with Gasteiger partial charge in [-0.2, -0.15) is 0 Å². The van der Waals surface area contributed by atoms with E-state index in [1.165, 1.54) is 72.1 Å². The molecule has 8 rings (SSSR count). The maximum absolute atomic E-state index is 5.40. The van der Waals surface area contributed by atoms with E-state index in [1.807, 2.05) is 0 Å². The highest BCUT2D eigenvalue weighted by molar-refractivity contribution is 6.10. The van der Waals surface area contributed by atoms with Crippen molar-refractivity contribution in [2.75, 3.05) is 0 Å². The summed E-state index contributed by atoms with van der Waals surface area (Å²) < 4.78 is 0. The molecule has 5 aromatic carbocycles. The van der Waals surface area contributed by atoms with Crippen molar-refractivity contribution in [2.45, 2.75) is 44.9 Å². The van der Waals surface area contributed by atoms with Crippen molar-refractivity contribution >= 4 is 28.2 Å². The van der Waals surface area contributed by atoms with Crippen LogP contribution in [0.2, 0.25) is 0 Å². The van der Waals surface area contributed by atoms with Crippen LogP contribution in [0, 0.1) is 0 Å². The number of aliphatic imine (C=N–C) groups is 1. The van der Waals surface area contributed by atoms with Crippen LogP contribution in [-0.4, -0.2) is 5.71 Å². The molecule has 3 aliphatic rings. The lowest BCUT2D eigenvalue weighted by Gasteiger charge is -2.29. The quantitative estimate of drug-likeness (QED) is 0.217. The van der Waals surface area contributed by atoms with Gasteiger partial charge in [-0.3, -0.25) is 4.99 Å². The van der Waals surface area contributed by atoms with Gasteiger partial charge in [-0.25, -0.2) is 0 Å². The maximum atomic E-state index is 5.40. The van der Waals surface area contributed by atoms with E-state index < -0.39 is 0 Å². The molecule has 0 N–H and O–H groups in total. The van der Waals surface area contributed by atoms with Crippen LogP contribution in [0.1, 0.15) is 60.1 Å². The number of rotatable bonds is 1. The Morgan fingerprint density at radius 1 is 0.667 bits per heavy atom. The zero-order valence-electron chi connectivity index (χ0n) is 22.6. The molecule has 1 heteroatoms. The molecule has 39 heavy (non-hydrogen) atoms. The summed E-state index contributed by atoms with van der Waals surface area (Å²) in [5, 5.41) is 2.54. The summed E-state index contributed by atoms with van der Waals surface area (Å²) in [7, 11) is 0. The summed E-state index contributed by atoms with van der Waals surface area (Å²) in [6, 6.07) is 33.7. The largest absolute Gasteiger partial charge is 0.252 e. The van der Waals surface area contributed by atoms with Gasteiger partial charge in [0.05, 0.1) is 5.69 Å². The van der Waals surface area contributed by atoms with Crippen molar-refractivity contribution in [2.24, 2.45) is 4.99 Å². The lowest BCUT2D eigenvalue weighted by Crippen LogP contribution is -2.19. The number of hydrogen-bond donors (Lipinski definition) is 0. The van der Waals surface area contributed by atoms with Crippen LogP contribution in [0.15, 0.2) is 102 Å². The molecule has 0 spiro atoms. The first-order chi connectivity index (χ1) is 19.1. The van der Waals surface area contributed by atoms with Gasteiger partial charge in [-0.05, 0) is 87.0 Å². The highest BCUT2D eigenvalue weighted by Crippen LogP contribution is 2.54. The topological polar surface area (TPSA) is 12.4 Å². The minimum absolute atomic E-state index is 0.0471. The van der Waals surface area contributed by atoms with Gasteiger partial charge in [0.2, 0.25) is 0 Å². The van der Waals surface area contributed by atoms with Crippen molar-refractivity contribution in [3.8, 4) is 22.3 Å². The SMILES string of the molecule is CC1(C)c2cccc(C3=Nc4ccc5ccccc5c4/C=C\CC3)c2-c2ccc3c(c21)CCc1ccccc1-3. The molecule has 0 amide bonds. The third-order valence-electron chi connectivity index (χ3n) is 9.24. The molecular formula is C38H31N. The van der Waals surface area contributed by atoms with E-state index in [1.54, 1.807) is 0 Å². The highest BCUT2D eigenvalue weighted by Gasteiger charge is 2.40. The standard InChI is InChI=1S/C38H31N/c1-38(2)33-16-9-15-31(34-17-8-7-14-29-27-13-6-4-11-25(27)19-23-35(29)39-34)36(33)32-22-21-28-26-12-5-3-10-24(26)18-20-30(28)37(32)38/h3-7,9-16,19,21-23H,8,17-18,20H2,1-2H3/b14-7-,39-34?. The minimum atomic E-state index is -0.0471. The Balaban J connectivity index is 1.35. The Bertz CT molecular complexity index is 1880. The lowest BCUT2D eigenvalue weighted by molar-refractivity contribution is 0.649. The summed E-state index contributed by atoms with van der Waals surface area (Å²) in [5.41, 5.74) is 16.3. The predicted molar refractivity (Wildman–Crippen MR) is 165 cm³/mol. The lowest BCUT2D eigenvalue weighted by atomic mass is 9.74. The van der Waals surface area contributed by atoms with Crippen molar-refractivity contribution in [1.82, 2.24) is 0 Å². The third kappa shape index (κ3) is 3.29. The van der Waals surface area contributed by atoms with Crippen LogP contribution >= 0.6 is 0 Å². The molecule has 1 nitrogen and oxygen atoms in total. The van der Waals surface area contributed by atoms with E-state index in [4.69, 9.17) is 4.99 Å². The molecule has 0 saturated carbocycles. The number of fused-ring (bicyclic) bond motifs is 10. The fourth-order valence-corrected chi connectivity index (χ4v) is 7.46. The van der Waals surface area contributed by atoms with Crippen molar-refractivity contribution in [1.29, 1.82) is 0 Å². The average Bonchev–Trinajstić information content (AvgIpc) is 3.20. The normalized spacial score (nSPS) is 17.1. The third-order valence-corrected chi connectivity index (χ3v) is 9.24. The summed E-state index contributed by atoms with van der Waals surface area (Å²) in [4.78, 5) is 5.40. The molecule has 0 radical (unpaired) electrons. The summed E-state index contributed by atoms with van der Waals surface area (Å²) >= 11 is 0. The first kappa shape index (κ1) is 22.7. The maximum Gasteiger partial charge on any atom is 0.0711 e. The molecule has 0 saturated heterocycles. The van der Waals surface area contributed by atoms with E-state index in [2.05, 4.69) is 117 Å². The van der Waals surface area contributed by atoms with Crippen LogP contribution in [0.25, 0.3) is 39.1 Å². The van der Waals surface area contributed by atoms with Crippen LogP contribution in [0.4, 0.5) is 5.69 Å². The summed E-state index contributed by atoms with van der Waals surface area (Å²) in [5.74, 6) is 0. The number of aryl methyl sites for hydroxylation is 1. The number of nitrogens with zero attached hydrogens (tertiary/aromatic N) is 1. The fraction of sp³-hybridized carbons (Fsp3) is 0.184. The molecule has 2 aliphatic carbocycles. The molecule has 1 heterocycles. The Morgan fingerprint density at radius 2 is 1.49 bits per heavy atom. The zero-order chi connectivity index (χ0) is 26.1. The van der Waals surface area contributed by atoms with Gasteiger partial charge in [0.15, 0.2) is 0 Å². The molecule has 0 bridgehead atoms. The molecule has 0 unspecified atom stereocenters. The molecule has 188 valence electrons. The summed E-state index contributed by atoms with van der Waals surface area (Å²) in [6.07, 6.45) is 8.75. The first-order valence-electron chi connectivity index (χ1n) is 14.3. The van der Waals surface area contributed by atoms with Crippen LogP contribution in [0.5, 0.6) is 0 Å². The predicted octanol–water partition coefficient (Wildman–Crippen LogP) is 9.84. The number of hydrogen-bond acceptors (Lipinski definition) is 1. The van der Waals surface area contributed by atoms with Crippen LogP contribution in [-0.2, 0) is 18.3 Å². The Kier molecular flexibility index (Phi) is 4.89. The van der Waals surface area contributed by atoms with E-state index in [9.17, 15) is 0 Å². The second kappa shape index (κ2) is 8.38. The molecule has 1 aliphatic heterocycles. The van der Waals surface area contributed by atoms with Crippen LogP contribution in [0.3, 0.4) is 0 Å². The van der Waals surface area contributed by atoms with Gasteiger partial charge in [0.1, 0.15) is 0 Å². The number of allylic oxidation sites excluding steroid dienone is 1. The van der Waals surface area contributed by atoms with Crippen LogP contribution < -0.4 is 0 Å². The Morgan fingerprint density at radius 3 is 2.44 bits per heavy atom. The first-order valence-corrected chi connectivity index (χ1v) is 14.3. The number of benzene rings is 5. The Labute approximate surface area is 230 Å². The second-order valence-corrected chi connectivity index (χ2v) is 11.7. The van der Waals surface area contributed by atoms with E-state index >= 15 is 0 Å². The Hall–Kier alpha value is -4.23. The van der Waals surface area contributed by atoms with Crippen molar-refractivity contribution in [3.05, 3.63) is 130 Å². The minimum Gasteiger partial charge on any atom is -0.252 e. The van der Waals surface area contributed by atoms with Gasteiger partial charge >= 0.3 is 0 Å². The van der Waals surface area contributed by atoms with Gasteiger partial charge in [-0.15, -0.1) is 0 Å².